The summed E-state index contributed by atoms with van der Waals surface area (Å²) in [5.41, 5.74) is 6.68. The fraction of sp³-hybridized carbons (Fsp3) is 0.545. The van der Waals surface area contributed by atoms with Gasteiger partial charge < -0.3 is 10.7 Å². The van der Waals surface area contributed by atoms with Crippen LogP contribution in [0, 0.1) is 0 Å². The predicted octanol–water partition coefficient (Wildman–Crippen LogP) is 2.77. The van der Waals surface area contributed by atoms with Gasteiger partial charge in [-0.1, -0.05) is 19.3 Å². The van der Waals surface area contributed by atoms with Gasteiger partial charge in [0.05, 0.1) is 5.69 Å². The Morgan fingerprint density at radius 3 is 2.67 bits per heavy atom. The summed E-state index contributed by atoms with van der Waals surface area (Å²) in [4.78, 5) is 14.3. The van der Waals surface area contributed by atoms with Gasteiger partial charge in [0.25, 0.3) is 5.56 Å². The highest BCUT2D eigenvalue weighted by Crippen LogP contribution is 2.34. The van der Waals surface area contributed by atoms with Gasteiger partial charge in [0.2, 0.25) is 0 Å². The minimum absolute atomic E-state index is 0.168. The molecule has 0 unspecified atom stereocenters. The minimum atomic E-state index is -0.168. The zero-order valence-corrected chi connectivity index (χ0v) is 10.1. The predicted molar refractivity (Wildman–Crippen MR) is 65.0 cm³/mol. The fourth-order valence-corrected chi connectivity index (χ4v) is 2.89. The van der Waals surface area contributed by atoms with E-state index in [1.54, 1.807) is 6.07 Å². The third-order valence-corrected chi connectivity index (χ3v) is 3.72. The fourth-order valence-electron chi connectivity index (χ4n) is 2.22. The highest BCUT2D eigenvalue weighted by atomic mass is 79.9. The molecular weight excluding hydrogens is 256 g/mol. The largest absolute Gasteiger partial charge is 0.394 e. The molecule has 0 atom stereocenters. The van der Waals surface area contributed by atoms with Crippen molar-refractivity contribution in [2.45, 2.75) is 38.0 Å². The number of nitrogens with one attached hydrogen (secondary N) is 1. The van der Waals surface area contributed by atoms with E-state index in [1.165, 1.54) is 32.1 Å². The lowest BCUT2D eigenvalue weighted by molar-refractivity contribution is 0.435. The van der Waals surface area contributed by atoms with E-state index in [0.29, 0.717) is 5.92 Å². The second-order valence-corrected chi connectivity index (χ2v) is 5.00. The highest BCUT2D eigenvalue weighted by Gasteiger charge is 2.19. The number of nitrogen functional groups attached to an aromatic ring is 1. The van der Waals surface area contributed by atoms with Crippen LogP contribution < -0.4 is 11.3 Å². The molecule has 1 aromatic rings. The third-order valence-electron chi connectivity index (χ3n) is 3.06. The summed E-state index contributed by atoms with van der Waals surface area (Å²) in [5.74, 6) is 0.487. The standard InChI is InChI=1S/C11H15BrN2O/c12-8-6-9(13)11(15)14-10(8)7-4-2-1-3-5-7/h6-7H,1-5,13H2,(H,14,15). The van der Waals surface area contributed by atoms with Crippen molar-refractivity contribution in [3.05, 3.63) is 26.6 Å². The first-order chi connectivity index (χ1) is 7.18. The number of halogens is 1. The lowest BCUT2D eigenvalue weighted by Crippen LogP contribution is -2.17. The Labute approximate surface area is 97.2 Å². The molecule has 15 heavy (non-hydrogen) atoms. The van der Waals surface area contributed by atoms with Gasteiger partial charge in [0, 0.05) is 16.1 Å². The number of pyridine rings is 1. The van der Waals surface area contributed by atoms with E-state index in [4.69, 9.17) is 5.73 Å². The van der Waals surface area contributed by atoms with Gasteiger partial charge in [0.1, 0.15) is 0 Å². The van der Waals surface area contributed by atoms with E-state index in [9.17, 15) is 4.79 Å². The van der Waals surface area contributed by atoms with Crippen molar-refractivity contribution in [1.29, 1.82) is 0 Å². The van der Waals surface area contributed by atoms with Crippen molar-refractivity contribution in [1.82, 2.24) is 4.98 Å². The first kappa shape index (κ1) is 10.7. The molecule has 1 heterocycles. The van der Waals surface area contributed by atoms with Crippen LogP contribution in [0.15, 0.2) is 15.3 Å². The Hall–Kier alpha value is -0.770. The van der Waals surface area contributed by atoms with E-state index in [1.807, 2.05) is 0 Å². The number of hydrogen-bond donors (Lipinski definition) is 2. The van der Waals surface area contributed by atoms with Crippen LogP contribution in [0.3, 0.4) is 0 Å². The van der Waals surface area contributed by atoms with Gasteiger partial charge in [0.15, 0.2) is 0 Å². The molecule has 1 aliphatic carbocycles. The second-order valence-electron chi connectivity index (χ2n) is 4.15. The zero-order chi connectivity index (χ0) is 10.8. The summed E-state index contributed by atoms with van der Waals surface area (Å²) in [6.07, 6.45) is 6.15. The van der Waals surface area contributed by atoms with Crippen LogP contribution in [0.1, 0.15) is 43.7 Å². The molecule has 1 saturated carbocycles. The van der Waals surface area contributed by atoms with Gasteiger partial charge in [-0.05, 0) is 34.8 Å². The monoisotopic (exact) mass is 270 g/mol. The Balaban J connectivity index is 2.34. The number of nitrogens with two attached hydrogens (primary N) is 1. The summed E-state index contributed by atoms with van der Waals surface area (Å²) < 4.78 is 0.937. The van der Waals surface area contributed by atoms with Crippen molar-refractivity contribution >= 4 is 21.6 Å². The number of rotatable bonds is 1. The molecule has 1 aliphatic rings. The summed E-state index contributed by atoms with van der Waals surface area (Å²) in [6.45, 7) is 0. The van der Waals surface area contributed by atoms with Crippen molar-refractivity contribution in [3.63, 3.8) is 0 Å². The second kappa shape index (κ2) is 4.39. The topological polar surface area (TPSA) is 58.9 Å². The lowest BCUT2D eigenvalue weighted by Gasteiger charge is -2.22. The van der Waals surface area contributed by atoms with E-state index in [0.717, 1.165) is 10.2 Å². The van der Waals surface area contributed by atoms with Crippen LogP contribution in [0.5, 0.6) is 0 Å². The van der Waals surface area contributed by atoms with Crippen LogP contribution in [0.4, 0.5) is 5.69 Å². The zero-order valence-electron chi connectivity index (χ0n) is 8.55. The summed E-state index contributed by atoms with van der Waals surface area (Å²) in [6, 6.07) is 1.71. The van der Waals surface area contributed by atoms with Crippen molar-refractivity contribution in [2.24, 2.45) is 0 Å². The van der Waals surface area contributed by atoms with Crippen molar-refractivity contribution in [2.75, 3.05) is 5.73 Å². The quantitative estimate of drug-likeness (QED) is 0.825. The average Bonchev–Trinajstić information content (AvgIpc) is 2.25. The number of aromatic nitrogens is 1. The third kappa shape index (κ3) is 2.25. The molecular formula is C11H15BrN2O. The Morgan fingerprint density at radius 1 is 1.33 bits per heavy atom. The molecule has 0 aromatic carbocycles. The van der Waals surface area contributed by atoms with E-state index in [2.05, 4.69) is 20.9 Å². The number of aromatic amines is 1. The molecule has 0 amide bonds. The summed E-state index contributed by atoms with van der Waals surface area (Å²) in [7, 11) is 0. The SMILES string of the molecule is Nc1cc(Br)c(C2CCCCC2)[nH]c1=O. The first-order valence-corrected chi connectivity index (χ1v) is 6.16. The molecule has 0 radical (unpaired) electrons. The smallest absolute Gasteiger partial charge is 0.271 e. The number of H-pyrrole nitrogens is 1. The summed E-state index contributed by atoms with van der Waals surface area (Å²) >= 11 is 3.47. The maximum Gasteiger partial charge on any atom is 0.271 e. The van der Waals surface area contributed by atoms with Crippen LogP contribution >= 0.6 is 15.9 Å². The highest BCUT2D eigenvalue weighted by molar-refractivity contribution is 9.10. The molecule has 1 aromatic heterocycles. The maximum atomic E-state index is 11.4. The van der Waals surface area contributed by atoms with Crippen LogP contribution in [0.25, 0.3) is 0 Å². The van der Waals surface area contributed by atoms with Crippen LogP contribution in [0.2, 0.25) is 0 Å². The first-order valence-electron chi connectivity index (χ1n) is 5.36. The van der Waals surface area contributed by atoms with Crippen molar-refractivity contribution < 1.29 is 0 Å². The summed E-state index contributed by atoms with van der Waals surface area (Å²) in [5, 5.41) is 0. The van der Waals surface area contributed by atoms with Gasteiger partial charge in [-0.3, -0.25) is 4.79 Å². The van der Waals surface area contributed by atoms with Gasteiger partial charge in [-0.15, -0.1) is 0 Å². The van der Waals surface area contributed by atoms with Crippen molar-refractivity contribution in [3.8, 4) is 0 Å². The molecule has 0 spiro atoms. The Kier molecular flexibility index (Phi) is 3.14. The Bertz CT molecular complexity index is 408. The number of anilines is 1. The lowest BCUT2D eigenvalue weighted by atomic mass is 9.87. The Morgan fingerprint density at radius 2 is 2.00 bits per heavy atom. The van der Waals surface area contributed by atoms with Crippen LogP contribution in [-0.2, 0) is 0 Å². The number of hydrogen-bond acceptors (Lipinski definition) is 2. The molecule has 1 fully saturated rings. The normalized spacial score (nSPS) is 17.9. The average molecular weight is 271 g/mol. The van der Waals surface area contributed by atoms with Crippen LogP contribution in [-0.4, -0.2) is 4.98 Å². The van der Waals surface area contributed by atoms with Gasteiger partial charge in [-0.25, -0.2) is 0 Å². The maximum absolute atomic E-state index is 11.4. The molecule has 4 heteroatoms. The molecule has 3 nitrogen and oxygen atoms in total. The van der Waals surface area contributed by atoms with E-state index >= 15 is 0 Å². The molecule has 82 valence electrons. The molecule has 0 saturated heterocycles. The minimum Gasteiger partial charge on any atom is -0.394 e. The van der Waals surface area contributed by atoms with Gasteiger partial charge >= 0.3 is 0 Å². The molecule has 0 bridgehead atoms. The molecule has 3 N–H and O–H groups in total. The van der Waals surface area contributed by atoms with E-state index < -0.39 is 0 Å². The van der Waals surface area contributed by atoms with E-state index in [-0.39, 0.29) is 11.2 Å². The molecule has 2 rings (SSSR count). The van der Waals surface area contributed by atoms with Gasteiger partial charge in [-0.2, -0.15) is 0 Å². The molecule has 0 aliphatic heterocycles.